The van der Waals surface area contributed by atoms with Gasteiger partial charge in [0.25, 0.3) is 5.78 Å². The maximum atomic E-state index is 12.4. The Morgan fingerprint density at radius 3 is 2.56 bits per heavy atom. The molecule has 0 fully saturated rings. The number of ketones is 1. The molecule has 1 aromatic heterocycles. The van der Waals surface area contributed by atoms with Crippen molar-refractivity contribution < 1.29 is 19.1 Å². The molecule has 0 saturated heterocycles. The summed E-state index contributed by atoms with van der Waals surface area (Å²) in [5, 5.41) is 0.531. The van der Waals surface area contributed by atoms with E-state index in [2.05, 4.69) is 9.77 Å². The van der Waals surface area contributed by atoms with Crippen LogP contribution in [-0.4, -0.2) is 27.7 Å². The van der Waals surface area contributed by atoms with Crippen molar-refractivity contribution in [2.45, 2.75) is 6.92 Å². The Kier molecular flexibility index (Phi) is 4.46. The molecule has 0 amide bonds. The first-order valence-electron chi connectivity index (χ1n) is 7.52. The fourth-order valence-electron chi connectivity index (χ4n) is 2.55. The second-order valence-corrected chi connectivity index (χ2v) is 5.29. The molecule has 0 unspecified atom stereocenters. The number of hydrogen-bond donors (Lipinski definition) is 1. The highest BCUT2D eigenvalue weighted by Crippen LogP contribution is 2.30. The van der Waals surface area contributed by atoms with Gasteiger partial charge in [-0.15, -0.1) is 0 Å². The number of nitrogens with one attached hydrogen (secondary N) is 1. The van der Waals surface area contributed by atoms with Crippen molar-refractivity contribution in [1.29, 1.82) is 5.53 Å². The third kappa shape index (κ3) is 3.34. The van der Waals surface area contributed by atoms with Gasteiger partial charge in [-0.1, -0.05) is 42.5 Å². The van der Waals surface area contributed by atoms with Gasteiger partial charge in [-0.25, -0.2) is 4.98 Å². The summed E-state index contributed by atoms with van der Waals surface area (Å²) in [4.78, 5) is 31.4. The number of ether oxygens (including phenoxy) is 1. The molecule has 0 spiro atoms. The van der Waals surface area contributed by atoms with Crippen molar-refractivity contribution in [1.82, 2.24) is 4.98 Å². The largest absolute Gasteiger partial charge is 0.424 e. The first-order valence-corrected chi connectivity index (χ1v) is 7.52. The fourth-order valence-corrected chi connectivity index (χ4v) is 2.55. The number of carbonyl (C=O) groups is 2. The van der Waals surface area contributed by atoms with Gasteiger partial charge in [0.05, 0.1) is 16.0 Å². The molecule has 0 aliphatic rings. The molecule has 3 rings (SSSR count). The lowest BCUT2D eigenvalue weighted by atomic mass is 10.0. The molecule has 0 atom stereocenters. The molecule has 0 aliphatic carbocycles. The number of Topliss-reactive ketones (excluding diaryl/α,β-unsaturated/α-hetero) is 1. The van der Waals surface area contributed by atoms with Gasteiger partial charge >= 0.3 is 12.2 Å². The van der Waals surface area contributed by atoms with Crippen LogP contribution in [0.2, 0.25) is 0 Å². The fraction of sp³-hybridized carbons (Fsp3) is 0.0526. The number of esters is 1. The van der Waals surface area contributed by atoms with Gasteiger partial charge in [0.2, 0.25) is 0 Å². The molecule has 25 heavy (non-hydrogen) atoms. The minimum absolute atomic E-state index is 0.277. The Balaban J connectivity index is 2.33. The van der Waals surface area contributed by atoms with Crippen LogP contribution in [0.5, 0.6) is 5.75 Å². The molecule has 0 aliphatic heterocycles. The smallest absolute Gasteiger partial charge is 0.377 e. The van der Waals surface area contributed by atoms with Crippen LogP contribution >= 0.6 is 0 Å². The van der Waals surface area contributed by atoms with E-state index in [0.29, 0.717) is 22.2 Å². The molecule has 1 heterocycles. The van der Waals surface area contributed by atoms with Gasteiger partial charge in [-0.05, 0) is 12.1 Å². The summed E-state index contributed by atoms with van der Waals surface area (Å²) in [6, 6.07) is 16.0. The van der Waals surface area contributed by atoms with Crippen LogP contribution in [-0.2, 0) is 4.79 Å². The number of hydrogen-bond acceptors (Lipinski definition) is 5. The van der Waals surface area contributed by atoms with Gasteiger partial charge < -0.3 is 4.74 Å². The van der Waals surface area contributed by atoms with Crippen LogP contribution in [0.4, 0.5) is 0 Å². The van der Waals surface area contributed by atoms with Gasteiger partial charge in [0.1, 0.15) is 5.52 Å². The van der Waals surface area contributed by atoms with Gasteiger partial charge in [0, 0.05) is 23.4 Å². The highest BCUT2D eigenvalue weighted by atomic mass is 16.5. The number of fused-ring (bicyclic) bond motifs is 1. The van der Waals surface area contributed by atoms with Crippen molar-refractivity contribution in [3.8, 4) is 17.0 Å². The molecule has 0 saturated carbocycles. The Hall–Kier alpha value is -3.63. The Labute approximate surface area is 143 Å². The second kappa shape index (κ2) is 6.86. The van der Waals surface area contributed by atoms with E-state index < -0.39 is 11.8 Å². The molecule has 0 bridgehead atoms. The minimum atomic E-state index is -0.472. The normalized spacial score (nSPS) is 10.1. The zero-order valence-electron chi connectivity index (χ0n) is 13.4. The van der Waals surface area contributed by atoms with E-state index in [1.54, 1.807) is 24.3 Å². The number of rotatable bonds is 4. The van der Waals surface area contributed by atoms with Crippen molar-refractivity contribution >= 4 is 28.9 Å². The first-order chi connectivity index (χ1) is 12.1. The van der Waals surface area contributed by atoms with Gasteiger partial charge in [-0.2, -0.15) is 0 Å². The highest BCUT2D eigenvalue weighted by Gasteiger charge is 2.18. The summed E-state index contributed by atoms with van der Waals surface area (Å²) in [5.41, 5.74) is 9.03. The molecule has 2 aromatic carbocycles. The quantitative estimate of drug-likeness (QED) is 0.198. The number of benzene rings is 2. The lowest BCUT2D eigenvalue weighted by molar-refractivity contribution is -0.131. The monoisotopic (exact) mass is 332 g/mol. The Morgan fingerprint density at radius 2 is 1.88 bits per heavy atom. The number of aromatic nitrogens is 1. The molecule has 0 radical (unpaired) electrons. The molecule has 122 valence electrons. The average molecular weight is 332 g/mol. The Morgan fingerprint density at radius 1 is 1.12 bits per heavy atom. The highest BCUT2D eigenvalue weighted by molar-refractivity contribution is 6.36. The topological polar surface area (TPSA) is 94.2 Å². The minimum Gasteiger partial charge on any atom is -0.424 e. The average Bonchev–Trinajstić information content (AvgIpc) is 2.61. The summed E-state index contributed by atoms with van der Waals surface area (Å²) in [6.07, 6.45) is 0.933. The maximum Gasteiger partial charge on any atom is 0.377 e. The summed E-state index contributed by atoms with van der Waals surface area (Å²) in [7, 11) is 0. The van der Waals surface area contributed by atoms with E-state index in [1.165, 1.54) is 6.92 Å². The van der Waals surface area contributed by atoms with Crippen molar-refractivity contribution in [2.24, 2.45) is 0 Å². The number of carbonyl (C=O) groups excluding carboxylic acids is 2. The van der Waals surface area contributed by atoms with Crippen LogP contribution in [0.1, 0.15) is 17.3 Å². The van der Waals surface area contributed by atoms with E-state index in [-0.39, 0.29) is 5.75 Å². The first kappa shape index (κ1) is 16.2. The number of para-hydroxylation sites is 1. The van der Waals surface area contributed by atoms with E-state index >= 15 is 0 Å². The summed E-state index contributed by atoms with van der Waals surface area (Å²) >= 11 is 0. The van der Waals surface area contributed by atoms with E-state index in [0.717, 1.165) is 11.8 Å². The number of nitrogens with zero attached hydrogens (tertiary/aromatic N) is 2. The SMILES string of the molecule is CC(=O)Oc1cccc2c(C(=O)C=[N+]=N)cc(-c3ccccc3)nc12. The third-order valence-corrected chi connectivity index (χ3v) is 3.57. The van der Waals surface area contributed by atoms with Gasteiger partial charge in [0.15, 0.2) is 5.75 Å². The standard InChI is InChI=1S/C19H14N3O3/c1-12(23)25-18-9-5-8-14-15(17(24)11-21-20)10-16(22-19(14)18)13-6-3-2-4-7-13/h2-11,20H,1H3/q+1. The van der Waals surface area contributed by atoms with E-state index in [1.807, 2.05) is 30.3 Å². The van der Waals surface area contributed by atoms with Gasteiger partial charge in [-0.3, -0.25) is 9.59 Å². The zero-order chi connectivity index (χ0) is 17.8. The molecule has 6 heteroatoms. The van der Waals surface area contributed by atoms with Crippen LogP contribution < -0.4 is 4.74 Å². The summed E-state index contributed by atoms with van der Waals surface area (Å²) < 4.78 is 5.23. The second-order valence-electron chi connectivity index (χ2n) is 5.29. The molecular formula is C19H14N3O3+. The summed E-state index contributed by atoms with van der Waals surface area (Å²) in [6.45, 7) is 1.30. The molecule has 3 aromatic rings. The van der Waals surface area contributed by atoms with Crippen molar-refractivity contribution in [3.05, 3.63) is 60.2 Å². The molecular weight excluding hydrogens is 318 g/mol. The van der Waals surface area contributed by atoms with Crippen molar-refractivity contribution in [3.63, 3.8) is 0 Å². The third-order valence-electron chi connectivity index (χ3n) is 3.57. The predicted molar refractivity (Wildman–Crippen MR) is 91.9 cm³/mol. The lowest BCUT2D eigenvalue weighted by Gasteiger charge is -2.10. The molecule has 1 N–H and O–H groups in total. The zero-order valence-corrected chi connectivity index (χ0v) is 13.4. The number of pyridine rings is 1. The maximum absolute atomic E-state index is 12.4. The predicted octanol–water partition coefficient (Wildman–Crippen LogP) is 3.32. The molecule has 6 nitrogen and oxygen atoms in total. The van der Waals surface area contributed by atoms with Crippen LogP contribution in [0.25, 0.3) is 22.2 Å². The van der Waals surface area contributed by atoms with Crippen LogP contribution in [0.15, 0.2) is 54.6 Å². The lowest BCUT2D eigenvalue weighted by Crippen LogP contribution is -2.06. The van der Waals surface area contributed by atoms with E-state index in [4.69, 9.17) is 10.3 Å². The van der Waals surface area contributed by atoms with Crippen LogP contribution in [0, 0.1) is 5.53 Å². The van der Waals surface area contributed by atoms with Crippen LogP contribution in [0.3, 0.4) is 0 Å². The summed E-state index contributed by atoms with van der Waals surface area (Å²) in [5.74, 6) is -0.612. The van der Waals surface area contributed by atoms with Crippen molar-refractivity contribution in [2.75, 3.05) is 0 Å². The Bertz CT molecular complexity index is 1020. The van der Waals surface area contributed by atoms with E-state index in [9.17, 15) is 9.59 Å².